The number of hydrogen-bond donors (Lipinski definition) is 2. The summed E-state index contributed by atoms with van der Waals surface area (Å²) in [5.41, 5.74) is 0.374. The van der Waals surface area contributed by atoms with Crippen LogP contribution < -0.4 is 15.1 Å². The van der Waals surface area contributed by atoms with Gasteiger partial charge in [0.2, 0.25) is 0 Å². The summed E-state index contributed by atoms with van der Waals surface area (Å²) in [7, 11) is 0.172. The van der Waals surface area contributed by atoms with Crippen LogP contribution in [0.25, 0.3) is 0 Å². The Morgan fingerprint density at radius 2 is 2.42 bits per heavy atom. The SMILES string of the molecule is COCC1CC2COc3c(B(O)O)ccnc3N2C1. The maximum Gasteiger partial charge on any atom is 0.492 e. The molecule has 0 bridgehead atoms. The molecule has 0 radical (unpaired) electrons. The summed E-state index contributed by atoms with van der Waals surface area (Å²) in [6, 6.07) is 1.87. The van der Waals surface area contributed by atoms with Gasteiger partial charge in [0.25, 0.3) is 0 Å². The van der Waals surface area contributed by atoms with Crippen molar-refractivity contribution in [3.8, 4) is 5.75 Å². The molecule has 2 atom stereocenters. The highest BCUT2D eigenvalue weighted by molar-refractivity contribution is 6.60. The van der Waals surface area contributed by atoms with E-state index in [4.69, 9.17) is 9.47 Å². The molecule has 0 aliphatic carbocycles. The van der Waals surface area contributed by atoms with Crippen LogP contribution in [0.15, 0.2) is 12.3 Å². The van der Waals surface area contributed by atoms with Crippen LogP contribution >= 0.6 is 0 Å². The fraction of sp³-hybridized carbons (Fsp3) is 0.583. The second kappa shape index (κ2) is 4.99. The zero-order valence-electron chi connectivity index (χ0n) is 10.8. The summed E-state index contributed by atoms with van der Waals surface area (Å²) in [5.74, 6) is 1.67. The number of ether oxygens (including phenoxy) is 2. The van der Waals surface area contributed by atoms with Crippen molar-refractivity contribution in [2.75, 3.05) is 31.8 Å². The Balaban J connectivity index is 1.91. The predicted octanol–water partition coefficient (Wildman–Crippen LogP) is -1.00. The van der Waals surface area contributed by atoms with Crippen LogP contribution in [0.3, 0.4) is 0 Å². The zero-order chi connectivity index (χ0) is 13.4. The third kappa shape index (κ3) is 2.18. The minimum atomic E-state index is -1.54. The molecule has 2 N–H and O–H groups in total. The Morgan fingerprint density at radius 1 is 1.58 bits per heavy atom. The van der Waals surface area contributed by atoms with E-state index < -0.39 is 7.12 Å². The normalized spacial score (nSPS) is 24.7. The molecule has 0 spiro atoms. The van der Waals surface area contributed by atoms with Gasteiger partial charge in [-0.25, -0.2) is 4.98 Å². The van der Waals surface area contributed by atoms with Crippen molar-refractivity contribution >= 4 is 18.4 Å². The molecule has 2 unspecified atom stereocenters. The Labute approximate surface area is 112 Å². The van der Waals surface area contributed by atoms with E-state index in [2.05, 4.69) is 9.88 Å². The van der Waals surface area contributed by atoms with Crippen molar-refractivity contribution in [3.63, 3.8) is 0 Å². The first kappa shape index (κ1) is 12.7. The van der Waals surface area contributed by atoms with Crippen LogP contribution in [-0.4, -0.2) is 55.1 Å². The van der Waals surface area contributed by atoms with Crippen LogP contribution in [0.2, 0.25) is 0 Å². The molecule has 19 heavy (non-hydrogen) atoms. The summed E-state index contributed by atoms with van der Waals surface area (Å²) < 4.78 is 10.9. The lowest BCUT2D eigenvalue weighted by molar-refractivity contribution is 0.158. The molecule has 3 rings (SSSR count). The summed E-state index contributed by atoms with van der Waals surface area (Å²) >= 11 is 0. The molecule has 0 amide bonds. The van der Waals surface area contributed by atoms with Crippen LogP contribution in [-0.2, 0) is 4.74 Å². The van der Waals surface area contributed by atoms with Gasteiger partial charge >= 0.3 is 7.12 Å². The van der Waals surface area contributed by atoms with Gasteiger partial charge in [0.05, 0.1) is 12.6 Å². The molecule has 0 saturated carbocycles. The largest absolute Gasteiger partial charge is 0.492 e. The van der Waals surface area contributed by atoms with Gasteiger partial charge < -0.3 is 24.4 Å². The Morgan fingerprint density at radius 3 is 3.16 bits per heavy atom. The van der Waals surface area contributed by atoms with E-state index in [-0.39, 0.29) is 0 Å². The first-order chi connectivity index (χ1) is 9.20. The Hall–Kier alpha value is -1.31. The molecular weight excluding hydrogens is 247 g/mol. The topological polar surface area (TPSA) is 75.0 Å². The fourth-order valence-corrected chi connectivity index (χ4v) is 2.97. The number of aromatic nitrogens is 1. The monoisotopic (exact) mass is 264 g/mol. The molecule has 2 aliphatic heterocycles. The Kier molecular flexibility index (Phi) is 3.34. The molecule has 3 heterocycles. The number of methoxy groups -OCH3 is 1. The molecule has 6 nitrogen and oxygen atoms in total. The second-order valence-electron chi connectivity index (χ2n) is 5.10. The van der Waals surface area contributed by atoms with Gasteiger partial charge in [-0.3, -0.25) is 0 Å². The van der Waals surface area contributed by atoms with E-state index in [0.717, 1.165) is 19.6 Å². The number of hydrogen-bond acceptors (Lipinski definition) is 6. The van der Waals surface area contributed by atoms with Crippen molar-refractivity contribution in [3.05, 3.63) is 12.3 Å². The van der Waals surface area contributed by atoms with E-state index >= 15 is 0 Å². The molecule has 7 heteroatoms. The molecule has 2 aliphatic rings. The first-order valence-corrected chi connectivity index (χ1v) is 6.44. The van der Waals surface area contributed by atoms with Crippen molar-refractivity contribution < 1.29 is 19.5 Å². The van der Waals surface area contributed by atoms with E-state index in [1.54, 1.807) is 19.4 Å². The van der Waals surface area contributed by atoms with E-state index in [0.29, 0.717) is 35.6 Å². The third-order valence-corrected chi connectivity index (χ3v) is 3.79. The molecule has 1 aromatic heterocycles. The zero-order valence-corrected chi connectivity index (χ0v) is 10.8. The second-order valence-corrected chi connectivity index (χ2v) is 5.10. The van der Waals surface area contributed by atoms with E-state index in [1.165, 1.54) is 0 Å². The first-order valence-electron chi connectivity index (χ1n) is 6.44. The minimum Gasteiger partial charge on any atom is -0.488 e. The third-order valence-electron chi connectivity index (χ3n) is 3.79. The van der Waals surface area contributed by atoms with Gasteiger partial charge in [-0.1, -0.05) is 0 Å². The van der Waals surface area contributed by atoms with Gasteiger partial charge in [0, 0.05) is 31.2 Å². The van der Waals surface area contributed by atoms with Crippen molar-refractivity contribution in [2.45, 2.75) is 12.5 Å². The highest BCUT2D eigenvalue weighted by Gasteiger charge is 2.39. The molecule has 1 fully saturated rings. The standard InChI is InChI=1S/C12H17BN2O4/c1-18-6-8-4-9-7-19-11-10(13(16)17)2-3-14-12(11)15(9)5-8/h2-3,8-9,16-17H,4-7H2,1H3. The van der Waals surface area contributed by atoms with Crippen LogP contribution in [0.5, 0.6) is 5.75 Å². The van der Waals surface area contributed by atoms with Gasteiger partial charge in [-0.15, -0.1) is 0 Å². The number of anilines is 1. The van der Waals surface area contributed by atoms with Crippen LogP contribution in [0.4, 0.5) is 5.82 Å². The highest BCUT2D eigenvalue weighted by atomic mass is 16.5. The van der Waals surface area contributed by atoms with E-state index in [9.17, 15) is 10.0 Å². The number of fused-ring (bicyclic) bond motifs is 3. The predicted molar refractivity (Wildman–Crippen MR) is 70.7 cm³/mol. The van der Waals surface area contributed by atoms with Gasteiger partial charge in [-0.05, 0) is 12.5 Å². The summed E-state index contributed by atoms with van der Waals surface area (Å²) in [6.45, 7) is 2.15. The summed E-state index contributed by atoms with van der Waals surface area (Å²) in [5, 5.41) is 18.7. The summed E-state index contributed by atoms with van der Waals surface area (Å²) in [6.07, 6.45) is 2.60. The van der Waals surface area contributed by atoms with E-state index in [1.807, 2.05) is 0 Å². The number of rotatable bonds is 3. The lowest BCUT2D eigenvalue weighted by Gasteiger charge is -2.33. The van der Waals surface area contributed by atoms with Gasteiger partial charge in [0.1, 0.15) is 6.61 Å². The highest BCUT2D eigenvalue weighted by Crippen LogP contribution is 2.37. The lowest BCUT2D eigenvalue weighted by Crippen LogP contribution is -2.43. The fourth-order valence-electron chi connectivity index (χ4n) is 2.97. The molecule has 1 saturated heterocycles. The quantitative estimate of drug-likeness (QED) is 0.682. The van der Waals surface area contributed by atoms with Crippen LogP contribution in [0, 0.1) is 5.92 Å². The van der Waals surface area contributed by atoms with Crippen molar-refractivity contribution in [1.82, 2.24) is 4.98 Å². The number of nitrogens with zero attached hydrogens (tertiary/aromatic N) is 2. The molecular formula is C12H17BN2O4. The average molecular weight is 264 g/mol. The maximum absolute atomic E-state index is 9.37. The summed E-state index contributed by atoms with van der Waals surface area (Å²) in [4.78, 5) is 6.53. The maximum atomic E-state index is 9.37. The lowest BCUT2D eigenvalue weighted by atomic mass is 9.80. The number of pyridine rings is 1. The Bertz CT molecular complexity index is 471. The molecule has 102 valence electrons. The molecule has 0 aromatic carbocycles. The van der Waals surface area contributed by atoms with Gasteiger partial charge in [-0.2, -0.15) is 0 Å². The smallest absolute Gasteiger partial charge is 0.488 e. The molecule has 1 aromatic rings. The van der Waals surface area contributed by atoms with Crippen molar-refractivity contribution in [1.29, 1.82) is 0 Å². The average Bonchev–Trinajstić information content (AvgIpc) is 2.81. The van der Waals surface area contributed by atoms with Crippen LogP contribution in [0.1, 0.15) is 6.42 Å². The van der Waals surface area contributed by atoms with Crippen molar-refractivity contribution in [2.24, 2.45) is 5.92 Å². The van der Waals surface area contributed by atoms with Gasteiger partial charge in [0.15, 0.2) is 11.6 Å². The minimum absolute atomic E-state index is 0.297.